The largest absolute Gasteiger partial charge is 0.472 e. The lowest BCUT2D eigenvalue weighted by atomic mass is 9.85. The summed E-state index contributed by atoms with van der Waals surface area (Å²) >= 11 is 0. The quantitative estimate of drug-likeness (QED) is 0.0118. The van der Waals surface area contributed by atoms with Crippen molar-refractivity contribution in [3.05, 3.63) is 97.2 Å². The van der Waals surface area contributed by atoms with Crippen LogP contribution >= 0.6 is 7.82 Å². The monoisotopic (exact) mass is 878 g/mol. The summed E-state index contributed by atoms with van der Waals surface area (Å²) in [6.07, 6.45) is 34.7. The van der Waals surface area contributed by atoms with E-state index in [1.54, 1.807) is 0 Å². The topological polar surface area (TPSA) is 210 Å². The normalized spacial score (nSPS) is 23.0. The van der Waals surface area contributed by atoms with Gasteiger partial charge in [-0.15, -0.1) is 0 Å². The molecule has 1 fully saturated rings. The zero-order valence-corrected chi connectivity index (χ0v) is 37.3. The number of rotatable bonds is 34. The van der Waals surface area contributed by atoms with Crippen molar-refractivity contribution in [2.24, 2.45) is 0 Å². The van der Waals surface area contributed by atoms with Crippen molar-refractivity contribution >= 4 is 19.8 Å². The molecular weight excluding hydrogens is 803 g/mol. The van der Waals surface area contributed by atoms with E-state index in [1.165, 1.54) is 0 Å². The lowest BCUT2D eigenvalue weighted by Crippen LogP contribution is -2.64. The number of carbonyl (C=O) groups is 2. The van der Waals surface area contributed by atoms with E-state index in [1.807, 2.05) is 42.5 Å². The van der Waals surface area contributed by atoms with Crippen molar-refractivity contribution in [1.29, 1.82) is 0 Å². The Balaban J connectivity index is 2.50. The Kier molecular flexibility index (Phi) is 33.2. The van der Waals surface area contributed by atoms with Gasteiger partial charge in [0.1, 0.15) is 43.2 Å². The maximum Gasteiger partial charge on any atom is 0.472 e. The molecule has 14 heteroatoms. The highest BCUT2D eigenvalue weighted by molar-refractivity contribution is 7.47. The Labute approximate surface area is 364 Å². The average Bonchev–Trinajstić information content (AvgIpc) is 3.24. The lowest BCUT2D eigenvalue weighted by Gasteiger charge is -2.41. The van der Waals surface area contributed by atoms with E-state index in [0.717, 1.165) is 89.9 Å². The van der Waals surface area contributed by atoms with Crippen molar-refractivity contribution in [2.45, 2.75) is 172 Å². The predicted molar refractivity (Wildman–Crippen MR) is 239 cm³/mol. The number of allylic oxidation sites excluding steroid dienone is 16. The number of unbranched alkanes of at least 4 members (excludes halogenated alkanes) is 9. The average molecular weight is 879 g/mol. The molecule has 0 radical (unpaired) electrons. The standard InChI is InChI=1S/C47H75O13P/c1-3-5-7-9-11-13-15-17-18-19-20-21-22-24-25-27-29-31-33-35-40(48)57-37-39(38-58-61(55,56)60-47-45(53)43(51)42(50)44(52)46(47)54)59-41(49)36-34-32-30-28-26-23-16-14-12-10-8-6-4-2/h5-8,10-14,16-18,20-21,23,26,39,42-47,50-54H,3-4,9,15,19,22,24-25,27-38H2,1-2H3,(H,55,56)/b7-5+,8-6+,12-10+,13-11+,16-14+,18-17+,21-20+,26-23+/t39?,42?,43-,44?,45?,46?,47?/m0/s1. The Morgan fingerprint density at radius 3 is 1.56 bits per heavy atom. The Bertz CT molecular complexity index is 1430. The van der Waals surface area contributed by atoms with Crippen LogP contribution in [0.5, 0.6) is 0 Å². The van der Waals surface area contributed by atoms with Gasteiger partial charge in [-0.1, -0.05) is 143 Å². The van der Waals surface area contributed by atoms with Crippen LogP contribution in [-0.4, -0.2) is 98.3 Å². The van der Waals surface area contributed by atoms with Crippen LogP contribution in [0.25, 0.3) is 0 Å². The minimum atomic E-state index is -5.14. The molecule has 0 amide bonds. The first-order chi connectivity index (χ1) is 29.4. The molecule has 8 atom stereocenters. The third kappa shape index (κ3) is 28.9. The molecule has 1 saturated carbocycles. The first kappa shape index (κ1) is 55.8. The first-order valence-corrected chi connectivity index (χ1v) is 23.6. The van der Waals surface area contributed by atoms with Crippen LogP contribution in [-0.2, 0) is 32.7 Å². The van der Waals surface area contributed by atoms with Gasteiger partial charge in [0, 0.05) is 12.8 Å². The number of carbonyl (C=O) groups excluding carboxylic acids is 2. The molecule has 61 heavy (non-hydrogen) atoms. The molecule has 0 aromatic carbocycles. The number of esters is 2. The molecule has 13 nitrogen and oxygen atoms in total. The van der Waals surface area contributed by atoms with Crippen LogP contribution < -0.4 is 0 Å². The van der Waals surface area contributed by atoms with Gasteiger partial charge in [-0.05, 0) is 70.6 Å². The molecule has 1 aliphatic rings. The van der Waals surface area contributed by atoms with Crippen LogP contribution in [0.15, 0.2) is 97.2 Å². The minimum absolute atomic E-state index is 0.0411. The summed E-state index contributed by atoms with van der Waals surface area (Å²) < 4.78 is 33.4. The fourth-order valence-corrected chi connectivity index (χ4v) is 6.97. The molecule has 1 rings (SSSR count). The van der Waals surface area contributed by atoms with E-state index < -0.39 is 75.7 Å². The maximum atomic E-state index is 12.8. The van der Waals surface area contributed by atoms with E-state index in [-0.39, 0.29) is 12.8 Å². The van der Waals surface area contributed by atoms with Crippen molar-refractivity contribution < 1.29 is 63.1 Å². The summed E-state index contributed by atoms with van der Waals surface area (Å²) in [5.41, 5.74) is 0. The number of hydrogen-bond acceptors (Lipinski definition) is 12. The third-order valence-electron chi connectivity index (χ3n) is 9.52. The second-order valence-electron chi connectivity index (χ2n) is 14.9. The fraction of sp³-hybridized carbons (Fsp3) is 0.617. The summed E-state index contributed by atoms with van der Waals surface area (Å²) in [5, 5.41) is 50.1. The molecule has 6 N–H and O–H groups in total. The van der Waals surface area contributed by atoms with Crippen LogP contribution in [0, 0.1) is 0 Å². The number of aliphatic hydroxyl groups is 5. The molecule has 0 aliphatic heterocycles. The van der Waals surface area contributed by atoms with Gasteiger partial charge in [-0.3, -0.25) is 18.6 Å². The predicted octanol–water partition coefficient (Wildman–Crippen LogP) is 8.27. The van der Waals surface area contributed by atoms with Gasteiger partial charge in [0.25, 0.3) is 0 Å². The molecule has 0 aromatic heterocycles. The summed E-state index contributed by atoms with van der Waals surface area (Å²) in [5.74, 6) is -1.17. The number of ether oxygens (including phenoxy) is 2. The first-order valence-electron chi connectivity index (χ1n) is 22.1. The second-order valence-corrected chi connectivity index (χ2v) is 16.3. The van der Waals surface area contributed by atoms with E-state index in [2.05, 4.69) is 68.5 Å². The molecule has 0 aromatic rings. The van der Waals surface area contributed by atoms with Gasteiger partial charge in [0.2, 0.25) is 0 Å². The maximum absolute atomic E-state index is 12.8. The van der Waals surface area contributed by atoms with Gasteiger partial charge in [-0.25, -0.2) is 4.57 Å². The Morgan fingerprint density at radius 2 is 0.967 bits per heavy atom. The SMILES string of the molecule is CC/C=C/C=C/C=C/C=C/CCCCCC(=O)OC(COC(=O)CCCCCCCC/C=C/C/C=C/C/C=C/C/C=C/CC)COP(=O)(O)OC1C(O)C(O)C(O)[C@H](O)C1O. The summed E-state index contributed by atoms with van der Waals surface area (Å²) in [6, 6.07) is 0. The summed E-state index contributed by atoms with van der Waals surface area (Å²) in [7, 11) is -5.14. The van der Waals surface area contributed by atoms with Crippen molar-refractivity contribution in [1.82, 2.24) is 0 Å². The molecule has 0 saturated heterocycles. The number of hydrogen-bond donors (Lipinski definition) is 6. The highest BCUT2D eigenvalue weighted by Gasteiger charge is 2.51. The smallest absolute Gasteiger partial charge is 0.462 e. The number of phosphoric acid groups is 1. The van der Waals surface area contributed by atoms with E-state index in [4.69, 9.17) is 18.5 Å². The van der Waals surface area contributed by atoms with Gasteiger partial charge >= 0.3 is 19.8 Å². The van der Waals surface area contributed by atoms with Crippen molar-refractivity contribution in [3.63, 3.8) is 0 Å². The van der Waals surface area contributed by atoms with E-state index in [0.29, 0.717) is 12.8 Å². The molecule has 0 bridgehead atoms. The number of aliphatic hydroxyl groups excluding tert-OH is 5. The van der Waals surface area contributed by atoms with Crippen molar-refractivity contribution in [3.8, 4) is 0 Å². The molecule has 1 aliphatic carbocycles. The van der Waals surface area contributed by atoms with Crippen LogP contribution in [0.3, 0.4) is 0 Å². The molecule has 0 heterocycles. The van der Waals surface area contributed by atoms with Gasteiger partial charge in [0.15, 0.2) is 6.10 Å². The van der Waals surface area contributed by atoms with E-state index >= 15 is 0 Å². The Morgan fingerprint density at radius 1 is 0.525 bits per heavy atom. The van der Waals surface area contributed by atoms with Gasteiger partial charge < -0.3 is 39.9 Å². The second kappa shape index (κ2) is 36.3. The minimum Gasteiger partial charge on any atom is -0.462 e. The molecule has 0 spiro atoms. The summed E-state index contributed by atoms with van der Waals surface area (Å²) in [6.45, 7) is 2.97. The lowest BCUT2D eigenvalue weighted by molar-refractivity contribution is -0.220. The number of phosphoric ester groups is 1. The van der Waals surface area contributed by atoms with Crippen LogP contribution in [0.4, 0.5) is 0 Å². The molecule has 346 valence electrons. The van der Waals surface area contributed by atoms with Crippen LogP contribution in [0.2, 0.25) is 0 Å². The zero-order valence-electron chi connectivity index (χ0n) is 36.4. The van der Waals surface area contributed by atoms with Crippen LogP contribution in [0.1, 0.15) is 129 Å². The van der Waals surface area contributed by atoms with Gasteiger partial charge in [0.05, 0.1) is 6.61 Å². The Hall–Kier alpha value is -3.23. The van der Waals surface area contributed by atoms with Gasteiger partial charge in [-0.2, -0.15) is 0 Å². The fourth-order valence-electron chi connectivity index (χ4n) is 5.99. The highest BCUT2D eigenvalue weighted by Crippen LogP contribution is 2.47. The highest BCUT2D eigenvalue weighted by atomic mass is 31.2. The van der Waals surface area contributed by atoms with Crippen molar-refractivity contribution in [2.75, 3.05) is 13.2 Å². The summed E-state index contributed by atoms with van der Waals surface area (Å²) in [4.78, 5) is 35.6. The molecule has 7 unspecified atom stereocenters. The zero-order chi connectivity index (χ0) is 45.0. The molecular formula is C47H75O13P. The third-order valence-corrected chi connectivity index (χ3v) is 10.5. The van der Waals surface area contributed by atoms with E-state index in [9.17, 15) is 44.6 Å².